The van der Waals surface area contributed by atoms with Crippen LogP contribution in [0.5, 0.6) is 0 Å². The molecular formula is C14H12ClN3S. The number of nitrogens with zero attached hydrogens (tertiary/aromatic N) is 1. The molecule has 0 unspecified atom stereocenters. The molecule has 0 saturated carbocycles. The smallest absolute Gasteiger partial charge is 0.0951 e. The van der Waals surface area contributed by atoms with Crippen LogP contribution in [0.2, 0.25) is 4.34 Å². The molecule has 96 valence electrons. The lowest BCUT2D eigenvalue weighted by Gasteiger charge is -2.09. The van der Waals surface area contributed by atoms with Gasteiger partial charge in [-0.25, -0.2) is 0 Å². The Morgan fingerprint density at radius 1 is 1.21 bits per heavy atom. The average Bonchev–Trinajstić information content (AvgIpc) is 2.84. The average molecular weight is 290 g/mol. The second kappa shape index (κ2) is 5.07. The molecule has 0 aliphatic heterocycles. The second-order valence-corrected chi connectivity index (χ2v) is 5.96. The largest absolute Gasteiger partial charge is 0.397 e. The number of anilines is 2. The summed E-state index contributed by atoms with van der Waals surface area (Å²) in [5.41, 5.74) is 8.48. The fraction of sp³-hybridized carbons (Fsp3) is 0.0714. The van der Waals surface area contributed by atoms with Crippen LogP contribution in [0, 0.1) is 0 Å². The van der Waals surface area contributed by atoms with Gasteiger partial charge in [0.25, 0.3) is 0 Å². The Morgan fingerprint density at radius 3 is 2.89 bits per heavy atom. The summed E-state index contributed by atoms with van der Waals surface area (Å²) in [7, 11) is 0. The molecule has 0 radical (unpaired) electrons. The zero-order valence-corrected chi connectivity index (χ0v) is 11.6. The summed E-state index contributed by atoms with van der Waals surface area (Å²) in [6.45, 7) is 0.741. The van der Waals surface area contributed by atoms with Crippen LogP contribution in [0.4, 0.5) is 11.4 Å². The van der Waals surface area contributed by atoms with Crippen molar-refractivity contribution < 1.29 is 0 Å². The molecule has 0 saturated heterocycles. The van der Waals surface area contributed by atoms with Crippen molar-refractivity contribution >= 4 is 45.2 Å². The number of fused-ring (bicyclic) bond motifs is 1. The van der Waals surface area contributed by atoms with Crippen LogP contribution >= 0.6 is 22.9 Å². The zero-order chi connectivity index (χ0) is 13.2. The number of halogens is 1. The summed E-state index contributed by atoms with van der Waals surface area (Å²) < 4.78 is 0.806. The van der Waals surface area contributed by atoms with Gasteiger partial charge in [-0.3, -0.25) is 4.98 Å². The van der Waals surface area contributed by atoms with E-state index in [9.17, 15) is 0 Å². The first-order valence-electron chi connectivity index (χ1n) is 5.85. The van der Waals surface area contributed by atoms with Crippen LogP contribution in [0.15, 0.2) is 42.6 Å². The summed E-state index contributed by atoms with van der Waals surface area (Å²) in [5.74, 6) is 0. The van der Waals surface area contributed by atoms with Gasteiger partial charge in [0.05, 0.1) is 15.5 Å². The second-order valence-electron chi connectivity index (χ2n) is 4.16. The van der Waals surface area contributed by atoms with Gasteiger partial charge in [0.1, 0.15) is 0 Å². The van der Waals surface area contributed by atoms with E-state index in [-0.39, 0.29) is 0 Å². The number of hydrogen-bond acceptors (Lipinski definition) is 4. The molecule has 0 spiro atoms. The molecule has 3 rings (SSSR count). The first kappa shape index (κ1) is 12.3. The molecule has 19 heavy (non-hydrogen) atoms. The summed E-state index contributed by atoms with van der Waals surface area (Å²) in [5, 5.41) is 4.43. The van der Waals surface area contributed by atoms with Gasteiger partial charge in [-0.05, 0) is 36.4 Å². The van der Waals surface area contributed by atoms with E-state index in [1.807, 2.05) is 36.4 Å². The van der Waals surface area contributed by atoms with Gasteiger partial charge < -0.3 is 11.1 Å². The number of nitrogens with one attached hydrogen (secondary N) is 1. The third-order valence-electron chi connectivity index (χ3n) is 2.88. The lowest BCUT2D eigenvalue weighted by molar-refractivity contribution is 1.20. The Hall–Kier alpha value is -1.78. The predicted octanol–water partition coefficient (Wildman–Crippen LogP) is 4.14. The van der Waals surface area contributed by atoms with Crippen LogP contribution in [0.3, 0.4) is 0 Å². The standard InChI is InChI=1S/C14H12ClN3S/c15-13-6-3-9(19-13)8-18-12-5-4-11(16)14-10(12)2-1-7-17-14/h1-7,18H,8,16H2. The van der Waals surface area contributed by atoms with Crippen LogP contribution in [-0.2, 0) is 6.54 Å². The molecule has 3 nitrogen and oxygen atoms in total. The lowest BCUT2D eigenvalue weighted by Crippen LogP contribution is -1.99. The maximum atomic E-state index is 5.93. The molecule has 0 fully saturated rings. The highest BCUT2D eigenvalue weighted by Crippen LogP contribution is 2.28. The van der Waals surface area contributed by atoms with E-state index >= 15 is 0 Å². The molecular weight excluding hydrogens is 278 g/mol. The van der Waals surface area contributed by atoms with E-state index in [2.05, 4.69) is 10.3 Å². The summed E-state index contributed by atoms with van der Waals surface area (Å²) in [4.78, 5) is 5.51. The first-order chi connectivity index (χ1) is 9.24. The summed E-state index contributed by atoms with van der Waals surface area (Å²) in [6.07, 6.45) is 1.75. The highest BCUT2D eigenvalue weighted by atomic mass is 35.5. The topological polar surface area (TPSA) is 50.9 Å². The molecule has 5 heteroatoms. The minimum Gasteiger partial charge on any atom is -0.397 e. The van der Waals surface area contributed by atoms with Crippen molar-refractivity contribution in [3.05, 3.63) is 51.8 Å². The van der Waals surface area contributed by atoms with Gasteiger partial charge in [-0.15, -0.1) is 11.3 Å². The van der Waals surface area contributed by atoms with Crippen molar-refractivity contribution in [1.82, 2.24) is 4.98 Å². The number of pyridine rings is 1. The van der Waals surface area contributed by atoms with Gasteiger partial charge in [0.15, 0.2) is 0 Å². The summed E-state index contributed by atoms with van der Waals surface area (Å²) >= 11 is 7.50. The molecule has 1 aromatic carbocycles. The first-order valence-corrected chi connectivity index (χ1v) is 7.05. The molecule has 0 aliphatic rings. The Kier molecular flexibility index (Phi) is 3.27. The minimum absolute atomic E-state index is 0.695. The zero-order valence-electron chi connectivity index (χ0n) is 10.1. The number of nitrogen functional groups attached to an aromatic ring is 1. The molecule has 2 heterocycles. The number of aromatic nitrogens is 1. The van der Waals surface area contributed by atoms with Crippen LogP contribution in [-0.4, -0.2) is 4.98 Å². The number of thiophene rings is 1. The summed E-state index contributed by atoms with van der Waals surface area (Å²) in [6, 6.07) is 11.7. The molecule has 0 amide bonds. The van der Waals surface area contributed by atoms with Crippen LogP contribution < -0.4 is 11.1 Å². The van der Waals surface area contributed by atoms with Gasteiger partial charge >= 0.3 is 0 Å². The van der Waals surface area contributed by atoms with Crippen molar-refractivity contribution in [2.24, 2.45) is 0 Å². The number of benzene rings is 1. The Bertz CT molecular complexity index is 724. The van der Waals surface area contributed by atoms with Gasteiger partial charge in [0.2, 0.25) is 0 Å². The quantitative estimate of drug-likeness (QED) is 0.712. The van der Waals surface area contributed by atoms with Crippen molar-refractivity contribution in [3.63, 3.8) is 0 Å². The van der Waals surface area contributed by atoms with E-state index < -0.39 is 0 Å². The fourth-order valence-electron chi connectivity index (χ4n) is 1.98. The van der Waals surface area contributed by atoms with E-state index in [0.717, 1.165) is 27.5 Å². The van der Waals surface area contributed by atoms with Crippen molar-refractivity contribution in [3.8, 4) is 0 Å². The van der Waals surface area contributed by atoms with Gasteiger partial charge in [0, 0.05) is 28.7 Å². The molecule has 0 aliphatic carbocycles. The lowest BCUT2D eigenvalue weighted by atomic mass is 10.1. The van der Waals surface area contributed by atoms with E-state index in [1.165, 1.54) is 4.88 Å². The van der Waals surface area contributed by atoms with Gasteiger partial charge in [-0.2, -0.15) is 0 Å². The molecule has 3 N–H and O–H groups in total. The normalized spacial score (nSPS) is 10.8. The van der Waals surface area contributed by atoms with Crippen LogP contribution in [0.25, 0.3) is 10.9 Å². The van der Waals surface area contributed by atoms with E-state index in [4.69, 9.17) is 17.3 Å². The highest BCUT2D eigenvalue weighted by Gasteiger charge is 2.05. The molecule has 3 aromatic rings. The maximum Gasteiger partial charge on any atom is 0.0951 e. The van der Waals surface area contributed by atoms with Crippen molar-refractivity contribution in [2.45, 2.75) is 6.54 Å². The SMILES string of the molecule is Nc1ccc(NCc2ccc(Cl)s2)c2cccnc12. The third kappa shape index (κ3) is 2.50. The molecule has 0 bridgehead atoms. The molecule has 2 aromatic heterocycles. The Labute approximate surface area is 120 Å². The molecule has 0 atom stereocenters. The van der Waals surface area contributed by atoms with E-state index in [0.29, 0.717) is 5.69 Å². The number of rotatable bonds is 3. The van der Waals surface area contributed by atoms with Crippen molar-refractivity contribution in [2.75, 3.05) is 11.1 Å². The third-order valence-corrected chi connectivity index (χ3v) is 4.11. The highest BCUT2D eigenvalue weighted by molar-refractivity contribution is 7.16. The predicted molar refractivity (Wildman–Crippen MR) is 82.8 cm³/mol. The maximum absolute atomic E-state index is 5.93. The van der Waals surface area contributed by atoms with Crippen LogP contribution in [0.1, 0.15) is 4.88 Å². The minimum atomic E-state index is 0.695. The van der Waals surface area contributed by atoms with Gasteiger partial charge in [-0.1, -0.05) is 11.6 Å². The van der Waals surface area contributed by atoms with Crippen molar-refractivity contribution in [1.29, 1.82) is 0 Å². The fourth-order valence-corrected chi connectivity index (χ4v) is 3.01. The Balaban J connectivity index is 1.91. The van der Waals surface area contributed by atoms with E-state index in [1.54, 1.807) is 17.5 Å². The number of nitrogens with two attached hydrogens (primary N) is 1. The number of hydrogen-bond donors (Lipinski definition) is 2. The monoisotopic (exact) mass is 289 g/mol. The Morgan fingerprint density at radius 2 is 2.11 bits per heavy atom.